The van der Waals surface area contributed by atoms with Crippen LogP contribution in [0.25, 0.3) is 11.0 Å². The van der Waals surface area contributed by atoms with Gasteiger partial charge in [0.2, 0.25) is 0 Å². The van der Waals surface area contributed by atoms with Gasteiger partial charge in [-0.1, -0.05) is 12.1 Å². The molecule has 1 saturated heterocycles. The molecule has 8 nitrogen and oxygen atoms in total. The summed E-state index contributed by atoms with van der Waals surface area (Å²) >= 11 is 0. The largest absolute Gasteiger partial charge is 0.497 e. The highest BCUT2D eigenvalue weighted by atomic mass is 16.5. The number of morpholine rings is 1. The van der Waals surface area contributed by atoms with E-state index in [1.165, 1.54) is 0 Å². The second-order valence-corrected chi connectivity index (χ2v) is 7.76. The summed E-state index contributed by atoms with van der Waals surface area (Å²) < 4.78 is 10.7. The highest BCUT2D eigenvalue weighted by molar-refractivity contribution is 6.03. The standard InChI is InChI=1S/C23H25N5O3/c1-30-17-8-6-16(7-9-17)20-14-21(23-24-18-4-2-3-5-19(18)25-23)28(26-20)22(29)15-27-10-12-31-13-11-27/h2-9,21H,10-15H2,1H3,(H,24,25)/t21-/m1/s1. The minimum absolute atomic E-state index is 0.0316. The van der Waals surface area contributed by atoms with Crippen molar-refractivity contribution in [1.29, 1.82) is 0 Å². The second-order valence-electron chi connectivity index (χ2n) is 7.76. The number of carbonyl (C=O) groups is 1. The molecule has 8 heteroatoms. The average molecular weight is 419 g/mol. The number of hydrazone groups is 1. The molecule has 31 heavy (non-hydrogen) atoms. The topological polar surface area (TPSA) is 83.1 Å². The fourth-order valence-corrected chi connectivity index (χ4v) is 4.06. The Morgan fingerprint density at radius 3 is 2.68 bits per heavy atom. The Labute approximate surface area is 180 Å². The van der Waals surface area contributed by atoms with Gasteiger partial charge in [-0.25, -0.2) is 9.99 Å². The number of H-pyrrole nitrogens is 1. The summed E-state index contributed by atoms with van der Waals surface area (Å²) in [6, 6.07) is 15.4. The van der Waals surface area contributed by atoms with Crippen LogP contribution in [0.4, 0.5) is 0 Å². The van der Waals surface area contributed by atoms with Crippen molar-refractivity contribution in [3.8, 4) is 5.75 Å². The highest BCUT2D eigenvalue weighted by Gasteiger charge is 2.35. The summed E-state index contributed by atoms with van der Waals surface area (Å²) in [6.07, 6.45) is 0.598. The van der Waals surface area contributed by atoms with E-state index < -0.39 is 0 Å². The third-order valence-electron chi connectivity index (χ3n) is 5.78. The molecule has 2 aliphatic rings. The Balaban J connectivity index is 1.45. The van der Waals surface area contributed by atoms with Gasteiger partial charge in [0.1, 0.15) is 17.6 Å². The van der Waals surface area contributed by atoms with E-state index in [-0.39, 0.29) is 11.9 Å². The van der Waals surface area contributed by atoms with Crippen molar-refractivity contribution in [1.82, 2.24) is 19.9 Å². The number of ether oxygens (including phenoxy) is 2. The lowest BCUT2D eigenvalue weighted by Crippen LogP contribution is -2.43. The highest BCUT2D eigenvalue weighted by Crippen LogP contribution is 2.33. The first-order valence-electron chi connectivity index (χ1n) is 10.5. The molecular weight excluding hydrogens is 394 g/mol. The molecule has 0 aliphatic carbocycles. The normalized spacial score (nSPS) is 19.6. The number of methoxy groups -OCH3 is 1. The number of rotatable bonds is 5. The minimum Gasteiger partial charge on any atom is -0.497 e. The number of hydrogen-bond donors (Lipinski definition) is 1. The van der Waals surface area contributed by atoms with Crippen LogP contribution in [0.1, 0.15) is 23.9 Å². The van der Waals surface area contributed by atoms with Gasteiger partial charge in [0.15, 0.2) is 0 Å². The predicted molar refractivity (Wildman–Crippen MR) is 117 cm³/mol. The van der Waals surface area contributed by atoms with Gasteiger partial charge in [-0.2, -0.15) is 5.10 Å². The number of amides is 1. The van der Waals surface area contributed by atoms with E-state index in [0.717, 1.165) is 47.0 Å². The first-order valence-corrected chi connectivity index (χ1v) is 10.5. The van der Waals surface area contributed by atoms with Gasteiger partial charge in [0, 0.05) is 19.5 Å². The average Bonchev–Trinajstić information content (AvgIpc) is 3.44. The van der Waals surface area contributed by atoms with Crippen LogP contribution in [0.15, 0.2) is 53.6 Å². The zero-order valence-corrected chi connectivity index (χ0v) is 17.5. The number of fused-ring (bicyclic) bond motifs is 1. The number of hydrogen-bond acceptors (Lipinski definition) is 6. The van der Waals surface area contributed by atoms with Crippen LogP contribution in [0.2, 0.25) is 0 Å². The molecule has 3 heterocycles. The van der Waals surface area contributed by atoms with E-state index in [9.17, 15) is 4.79 Å². The van der Waals surface area contributed by atoms with Crippen LogP contribution in [-0.4, -0.2) is 71.5 Å². The van der Waals surface area contributed by atoms with E-state index in [1.807, 2.05) is 48.5 Å². The van der Waals surface area contributed by atoms with Gasteiger partial charge < -0.3 is 14.5 Å². The molecule has 2 aliphatic heterocycles. The van der Waals surface area contributed by atoms with Crippen LogP contribution in [-0.2, 0) is 9.53 Å². The molecular formula is C23H25N5O3. The van der Waals surface area contributed by atoms with Crippen LogP contribution in [0, 0.1) is 0 Å². The lowest BCUT2D eigenvalue weighted by atomic mass is 10.0. The van der Waals surface area contributed by atoms with E-state index >= 15 is 0 Å². The van der Waals surface area contributed by atoms with E-state index in [0.29, 0.717) is 26.2 Å². The van der Waals surface area contributed by atoms with E-state index in [4.69, 9.17) is 19.6 Å². The molecule has 3 aromatic rings. The van der Waals surface area contributed by atoms with Gasteiger partial charge >= 0.3 is 0 Å². The van der Waals surface area contributed by atoms with Crippen molar-refractivity contribution in [3.05, 3.63) is 59.9 Å². The molecule has 0 radical (unpaired) electrons. The van der Waals surface area contributed by atoms with Crippen molar-refractivity contribution in [2.24, 2.45) is 5.10 Å². The maximum atomic E-state index is 13.3. The fourth-order valence-electron chi connectivity index (χ4n) is 4.06. The zero-order valence-electron chi connectivity index (χ0n) is 17.5. The number of aromatic nitrogens is 2. The first-order chi connectivity index (χ1) is 15.2. The molecule has 1 fully saturated rings. The van der Waals surface area contributed by atoms with E-state index in [2.05, 4.69) is 9.88 Å². The third-order valence-corrected chi connectivity index (χ3v) is 5.78. The summed E-state index contributed by atoms with van der Waals surface area (Å²) in [5.41, 5.74) is 3.68. The molecule has 0 spiro atoms. The fraction of sp³-hybridized carbons (Fsp3) is 0.348. The van der Waals surface area contributed by atoms with Gasteiger partial charge in [0.05, 0.1) is 43.6 Å². The van der Waals surface area contributed by atoms with Crippen LogP contribution in [0.3, 0.4) is 0 Å². The lowest BCUT2D eigenvalue weighted by Gasteiger charge is -2.28. The molecule has 2 aromatic carbocycles. The Morgan fingerprint density at radius 2 is 1.94 bits per heavy atom. The van der Waals surface area contributed by atoms with Gasteiger partial charge in [-0.15, -0.1) is 0 Å². The van der Waals surface area contributed by atoms with Crippen LogP contribution in [0.5, 0.6) is 5.75 Å². The van der Waals surface area contributed by atoms with Crippen molar-refractivity contribution in [3.63, 3.8) is 0 Å². The summed E-state index contributed by atoms with van der Waals surface area (Å²) in [5, 5.41) is 6.35. The number of imidazole rings is 1. The van der Waals surface area contributed by atoms with Gasteiger partial charge in [-0.3, -0.25) is 9.69 Å². The molecule has 0 bridgehead atoms. The maximum Gasteiger partial charge on any atom is 0.257 e. The molecule has 1 atom stereocenters. The minimum atomic E-state index is -0.266. The van der Waals surface area contributed by atoms with Crippen LogP contribution < -0.4 is 4.74 Å². The molecule has 5 rings (SSSR count). The Kier molecular flexibility index (Phi) is 5.40. The summed E-state index contributed by atoms with van der Waals surface area (Å²) in [6.45, 7) is 3.13. The molecule has 0 unspecified atom stereocenters. The zero-order chi connectivity index (χ0) is 21.2. The number of carbonyl (C=O) groups excluding carboxylic acids is 1. The molecule has 160 valence electrons. The van der Waals surface area contributed by atoms with Crippen molar-refractivity contribution < 1.29 is 14.3 Å². The van der Waals surface area contributed by atoms with Gasteiger partial charge in [-0.05, 0) is 42.0 Å². The SMILES string of the molecule is COc1ccc(C2=NN(C(=O)CN3CCOCC3)[C@@H](c3nc4ccccc4[nH]3)C2)cc1. The van der Waals surface area contributed by atoms with Crippen molar-refractivity contribution >= 4 is 22.7 Å². The predicted octanol–water partition coefficient (Wildman–Crippen LogP) is 2.58. The third kappa shape index (κ3) is 4.04. The molecule has 1 amide bonds. The molecule has 1 aromatic heterocycles. The second kappa shape index (κ2) is 8.49. The number of para-hydroxylation sites is 2. The molecule has 0 saturated carbocycles. The maximum absolute atomic E-state index is 13.3. The van der Waals surface area contributed by atoms with Crippen molar-refractivity contribution in [2.45, 2.75) is 12.5 Å². The van der Waals surface area contributed by atoms with Crippen molar-refractivity contribution in [2.75, 3.05) is 40.0 Å². The quantitative estimate of drug-likeness (QED) is 0.687. The Hall–Kier alpha value is -3.23. The molecule has 1 N–H and O–H groups in total. The number of aromatic amines is 1. The Morgan fingerprint density at radius 1 is 1.16 bits per heavy atom. The number of nitrogens with one attached hydrogen (secondary N) is 1. The summed E-state index contributed by atoms with van der Waals surface area (Å²) in [5.74, 6) is 1.51. The first kappa shape index (κ1) is 19.7. The smallest absolute Gasteiger partial charge is 0.257 e. The monoisotopic (exact) mass is 419 g/mol. The van der Waals surface area contributed by atoms with E-state index in [1.54, 1.807) is 12.1 Å². The van der Waals surface area contributed by atoms with Crippen LogP contribution >= 0.6 is 0 Å². The summed E-state index contributed by atoms with van der Waals surface area (Å²) in [4.78, 5) is 23.5. The lowest BCUT2D eigenvalue weighted by molar-refractivity contribution is -0.135. The number of benzene rings is 2. The Bertz CT molecular complexity index is 1070. The number of nitrogens with zero attached hydrogens (tertiary/aromatic N) is 4. The summed E-state index contributed by atoms with van der Waals surface area (Å²) in [7, 11) is 1.64. The van der Waals surface area contributed by atoms with Gasteiger partial charge in [0.25, 0.3) is 5.91 Å².